The Morgan fingerprint density at radius 3 is 2.90 bits per heavy atom. The summed E-state index contributed by atoms with van der Waals surface area (Å²) in [5.41, 5.74) is 4.75. The van der Waals surface area contributed by atoms with Crippen molar-refractivity contribution in [3.63, 3.8) is 0 Å². The van der Waals surface area contributed by atoms with E-state index in [1.165, 1.54) is 18.2 Å². The quantitative estimate of drug-likeness (QED) is 0.650. The Morgan fingerprint density at radius 2 is 2.35 bits per heavy atom. The van der Waals surface area contributed by atoms with Gasteiger partial charge in [0.25, 0.3) is 5.69 Å². The molecule has 0 aromatic heterocycles. The summed E-state index contributed by atoms with van der Waals surface area (Å²) in [4.78, 5) is 22.7. The van der Waals surface area contributed by atoms with Gasteiger partial charge in [0.2, 0.25) is 5.91 Å². The Bertz CT molecular complexity index is 566. The minimum absolute atomic E-state index is 0.0489. The van der Waals surface area contributed by atoms with Crippen LogP contribution in [0.5, 0.6) is 0 Å². The maximum Gasteiger partial charge on any atom is 0.292 e. The maximum absolute atomic E-state index is 12.3. The first kappa shape index (κ1) is 14.7. The van der Waals surface area contributed by atoms with Crippen molar-refractivity contribution in [2.24, 2.45) is 11.1 Å². The number of amides is 1. The summed E-state index contributed by atoms with van der Waals surface area (Å²) in [7, 11) is 0. The number of hydrogen-bond donors (Lipinski definition) is 2. The van der Waals surface area contributed by atoms with Crippen LogP contribution in [0.3, 0.4) is 0 Å². The van der Waals surface area contributed by atoms with E-state index in [9.17, 15) is 14.9 Å². The van der Waals surface area contributed by atoms with Crippen LogP contribution in [-0.4, -0.2) is 30.1 Å². The van der Waals surface area contributed by atoms with E-state index < -0.39 is 22.3 Å². The molecule has 1 aliphatic rings. The number of nitrogens with one attached hydrogen (secondary N) is 1. The van der Waals surface area contributed by atoms with Crippen LogP contribution in [0.15, 0.2) is 18.2 Å². The molecule has 1 heterocycles. The summed E-state index contributed by atoms with van der Waals surface area (Å²) < 4.78 is 5.19. The first-order valence-corrected chi connectivity index (χ1v) is 6.31. The number of nitro groups is 1. The first-order valence-electron chi connectivity index (χ1n) is 5.93. The van der Waals surface area contributed by atoms with Crippen molar-refractivity contribution in [1.29, 1.82) is 0 Å². The van der Waals surface area contributed by atoms with Crippen molar-refractivity contribution in [3.05, 3.63) is 33.3 Å². The van der Waals surface area contributed by atoms with Crippen LogP contribution in [0.25, 0.3) is 0 Å². The van der Waals surface area contributed by atoms with Crippen LogP contribution in [0, 0.1) is 15.5 Å². The van der Waals surface area contributed by atoms with Gasteiger partial charge in [-0.25, -0.2) is 0 Å². The Balaban J connectivity index is 2.28. The highest BCUT2D eigenvalue weighted by molar-refractivity contribution is 6.31. The normalized spacial score (nSPS) is 25.4. The third kappa shape index (κ3) is 2.60. The van der Waals surface area contributed by atoms with Crippen LogP contribution in [0.4, 0.5) is 11.4 Å². The monoisotopic (exact) mass is 299 g/mol. The molecule has 0 aliphatic carbocycles. The van der Waals surface area contributed by atoms with Gasteiger partial charge in [-0.3, -0.25) is 14.9 Å². The zero-order valence-corrected chi connectivity index (χ0v) is 11.5. The standard InChI is InChI=1S/C12H14ClN3O4/c1-12(6-20-5-10(12)14)11(17)15-8-4-7(13)2-3-9(8)16(18)19/h2-4,10H,5-6,14H2,1H3,(H,15,17). The summed E-state index contributed by atoms with van der Waals surface area (Å²) in [6.45, 7) is 2.12. The van der Waals surface area contributed by atoms with Gasteiger partial charge in [-0.15, -0.1) is 0 Å². The number of anilines is 1. The van der Waals surface area contributed by atoms with E-state index >= 15 is 0 Å². The molecule has 0 bridgehead atoms. The van der Waals surface area contributed by atoms with Crippen molar-refractivity contribution >= 4 is 28.9 Å². The van der Waals surface area contributed by atoms with Gasteiger partial charge in [-0.05, 0) is 19.1 Å². The average molecular weight is 300 g/mol. The maximum atomic E-state index is 12.3. The van der Waals surface area contributed by atoms with Crippen molar-refractivity contribution in [2.45, 2.75) is 13.0 Å². The summed E-state index contributed by atoms with van der Waals surface area (Å²) in [6, 6.07) is 3.51. The Morgan fingerprint density at radius 1 is 1.65 bits per heavy atom. The molecule has 0 saturated carbocycles. The fourth-order valence-electron chi connectivity index (χ4n) is 1.96. The molecule has 2 rings (SSSR count). The molecule has 2 unspecified atom stereocenters. The van der Waals surface area contributed by atoms with Gasteiger partial charge in [-0.2, -0.15) is 0 Å². The van der Waals surface area contributed by atoms with Gasteiger partial charge >= 0.3 is 0 Å². The van der Waals surface area contributed by atoms with Crippen LogP contribution in [0.1, 0.15) is 6.92 Å². The average Bonchev–Trinajstić information content (AvgIpc) is 2.70. The lowest BCUT2D eigenvalue weighted by atomic mass is 9.85. The van der Waals surface area contributed by atoms with Gasteiger partial charge in [0.15, 0.2) is 0 Å². The second kappa shape index (κ2) is 5.35. The number of hydrogen-bond acceptors (Lipinski definition) is 5. The summed E-state index contributed by atoms with van der Waals surface area (Å²) >= 11 is 5.80. The van der Waals surface area contributed by atoms with Gasteiger partial charge in [0.1, 0.15) is 5.69 Å². The van der Waals surface area contributed by atoms with Crippen molar-refractivity contribution < 1.29 is 14.5 Å². The minimum atomic E-state index is -0.920. The van der Waals surface area contributed by atoms with Crippen LogP contribution < -0.4 is 11.1 Å². The molecular formula is C12H14ClN3O4. The number of nitrogens with zero attached hydrogens (tertiary/aromatic N) is 1. The number of rotatable bonds is 3. The van der Waals surface area contributed by atoms with Gasteiger partial charge in [-0.1, -0.05) is 11.6 Å². The lowest BCUT2D eigenvalue weighted by Crippen LogP contribution is -2.47. The summed E-state index contributed by atoms with van der Waals surface area (Å²) in [6.07, 6.45) is 0. The SMILES string of the molecule is CC1(C(=O)Nc2cc(Cl)ccc2[N+](=O)[O-])COCC1N. The molecular weight excluding hydrogens is 286 g/mol. The predicted octanol–water partition coefficient (Wildman–Crippen LogP) is 1.55. The highest BCUT2D eigenvalue weighted by Crippen LogP contribution is 2.32. The van der Waals surface area contributed by atoms with E-state index in [1.54, 1.807) is 6.92 Å². The molecule has 20 heavy (non-hydrogen) atoms. The Labute approximate surface area is 120 Å². The molecule has 7 nitrogen and oxygen atoms in total. The Kier molecular flexibility index (Phi) is 3.94. The number of benzene rings is 1. The van der Waals surface area contributed by atoms with Gasteiger partial charge in [0.05, 0.1) is 23.6 Å². The number of ether oxygens (including phenoxy) is 1. The molecule has 0 spiro atoms. The van der Waals surface area contributed by atoms with Crippen molar-refractivity contribution in [1.82, 2.24) is 0 Å². The predicted molar refractivity (Wildman–Crippen MR) is 73.6 cm³/mol. The molecule has 1 aromatic rings. The number of nitrogens with two attached hydrogens (primary N) is 1. The smallest absolute Gasteiger partial charge is 0.292 e. The lowest BCUT2D eigenvalue weighted by molar-refractivity contribution is -0.383. The molecule has 1 saturated heterocycles. The van der Waals surface area contributed by atoms with Gasteiger partial charge in [0, 0.05) is 17.1 Å². The third-order valence-electron chi connectivity index (χ3n) is 3.44. The summed E-state index contributed by atoms with van der Waals surface area (Å²) in [5.74, 6) is -0.423. The highest BCUT2D eigenvalue weighted by atomic mass is 35.5. The molecule has 1 aliphatic heterocycles. The van der Waals surface area contributed by atoms with E-state index in [2.05, 4.69) is 5.32 Å². The van der Waals surface area contributed by atoms with Crippen LogP contribution in [0.2, 0.25) is 5.02 Å². The molecule has 0 radical (unpaired) electrons. The fraction of sp³-hybridized carbons (Fsp3) is 0.417. The number of nitro benzene ring substituents is 1. The summed E-state index contributed by atoms with van der Waals surface area (Å²) in [5, 5.41) is 13.8. The van der Waals surface area contributed by atoms with E-state index in [-0.39, 0.29) is 24.6 Å². The molecule has 3 N–H and O–H groups in total. The Hall–Kier alpha value is -1.70. The molecule has 108 valence electrons. The van der Waals surface area contributed by atoms with E-state index in [0.717, 1.165) is 0 Å². The van der Waals surface area contributed by atoms with E-state index in [0.29, 0.717) is 5.02 Å². The number of halogens is 1. The molecule has 2 atom stereocenters. The second-order valence-corrected chi connectivity index (χ2v) is 5.35. The molecule has 8 heteroatoms. The fourth-order valence-corrected chi connectivity index (χ4v) is 2.13. The second-order valence-electron chi connectivity index (χ2n) is 4.91. The van der Waals surface area contributed by atoms with Crippen molar-refractivity contribution in [3.8, 4) is 0 Å². The van der Waals surface area contributed by atoms with E-state index in [4.69, 9.17) is 22.1 Å². The zero-order chi connectivity index (χ0) is 14.9. The largest absolute Gasteiger partial charge is 0.379 e. The third-order valence-corrected chi connectivity index (χ3v) is 3.67. The molecule has 1 fully saturated rings. The first-order chi connectivity index (χ1) is 9.34. The van der Waals surface area contributed by atoms with Crippen LogP contribution in [-0.2, 0) is 9.53 Å². The molecule has 1 aromatic carbocycles. The molecule has 1 amide bonds. The van der Waals surface area contributed by atoms with Crippen molar-refractivity contribution in [2.75, 3.05) is 18.5 Å². The van der Waals surface area contributed by atoms with Gasteiger partial charge < -0.3 is 15.8 Å². The lowest BCUT2D eigenvalue weighted by Gasteiger charge is -2.25. The van der Waals surface area contributed by atoms with E-state index in [1.807, 2.05) is 0 Å². The minimum Gasteiger partial charge on any atom is -0.379 e. The highest BCUT2D eigenvalue weighted by Gasteiger charge is 2.44. The number of carbonyl (C=O) groups excluding carboxylic acids is 1. The topological polar surface area (TPSA) is 107 Å². The zero-order valence-electron chi connectivity index (χ0n) is 10.8. The number of carbonyl (C=O) groups is 1. The van der Waals surface area contributed by atoms with Crippen LogP contribution >= 0.6 is 11.6 Å².